The number of nitrogens with one attached hydrogen (secondary N) is 2. The molecular formula is C17H20N5O. The SMILES string of the molecule is CC1(C)CN(c2cccc(C(=O)c3cccnc3[NH])n2)CCN1. The number of pyridine rings is 2. The van der Waals surface area contributed by atoms with Crippen molar-refractivity contribution in [3.05, 3.63) is 47.8 Å². The molecule has 1 aliphatic heterocycles. The number of aromatic nitrogens is 2. The lowest BCUT2D eigenvalue weighted by Gasteiger charge is -2.39. The second-order valence-corrected chi connectivity index (χ2v) is 6.34. The van der Waals surface area contributed by atoms with Crippen LogP contribution in [0.25, 0.3) is 0 Å². The van der Waals surface area contributed by atoms with Crippen LogP contribution >= 0.6 is 0 Å². The van der Waals surface area contributed by atoms with Crippen molar-refractivity contribution in [1.29, 1.82) is 0 Å². The lowest BCUT2D eigenvalue weighted by molar-refractivity contribution is 0.103. The number of carbonyl (C=O) groups is 1. The molecule has 0 saturated carbocycles. The molecule has 2 aromatic rings. The first kappa shape index (κ1) is 15.4. The quantitative estimate of drug-likeness (QED) is 0.874. The Morgan fingerprint density at radius 1 is 1.30 bits per heavy atom. The molecule has 0 aliphatic carbocycles. The third kappa shape index (κ3) is 3.32. The summed E-state index contributed by atoms with van der Waals surface area (Å²) in [6.45, 7) is 6.86. The van der Waals surface area contributed by atoms with Gasteiger partial charge in [0.25, 0.3) is 0 Å². The molecule has 0 unspecified atom stereocenters. The predicted octanol–water partition coefficient (Wildman–Crippen LogP) is 1.81. The largest absolute Gasteiger partial charge is 0.353 e. The lowest BCUT2D eigenvalue weighted by Crippen LogP contribution is -2.57. The number of piperazine rings is 1. The summed E-state index contributed by atoms with van der Waals surface area (Å²) >= 11 is 0. The number of hydrogen-bond acceptors (Lipinski definition) is 5. The highest BCUT2D eigenvalue weighted by Gasteiger charge is 2.27. The van der Waals surface area contributed by atoms with Crippen molar-refractivity contribution in [3.63, 3.8) is 0 Å². The zero-order valence-electron chi connectivity index (χ0n) is 13.3. The summed E-state index contributed by atoms with van der Waals surface area (Å²) in [5, 5.41) is 3.46. The Balaban J connectivity index is 1.88. The highest BCUT2D eigenvalue weighted by atomic mass is 16.1. The maximum Gasteiger partial charge on any atom is 0.215 e. The summed E-state index contributed by atoms with van der Waals surface area (Å²) in [6, 6.07) is 8.72. The monoisotopic (exact) mass is 310 g/mol. The molecule has 1 radical (unpaired) electrons. The van der Waals surface area contributed by atoms with Crippen LogP contribution in [0, 0.1) is 0 Å². The smallest absolute Gasteiger partial charge is 0.215 e. The minimum Gasteiger partial charge on any atom is -0.353 e. The Morgan fingerprint density at radius 2 is 2.13 bits per heavy atom. The van der Waals surface area contributed by atoms with Gasteiger partial charge >= 0.3 is 0 Å². The predicted molar refractivity (Wildman–Crippen MR) is 89.0 cm³/mol. The van der Waals surface area contributed by atoms with Crippen LogP contribution in [-0.2, 0) is 0 Å². The van der Waals surface area contributed by atoms with Gasteiger partial charge in [-0.05, 0) is 38.1 Å². The first-order valence-corrected chi connectivity index (χ1v) is 7.65. The van der Waals surface area contributed by atoms with E-state index in [-0.39, 0.29) is 22.7 Å². The fourth-order valence-electron chi connectivity index (χ4n) is 2.79. The van der Waals surface area contributed by atoms with Gasteiger partial charge in [-0.2, -0.15) is 0 Å². The van der Waals surface area contributed by atoms with E-state index >= 15 is 0 Å². The summed E-state index contributed by atoms with van der Waals surface area (Å²) in [5.41, 5.74) is 8.41. The van der Waals surface area contributed by atoms with E-state index in [0.717, 1.165) is 25.5 Å². The second-order valence-electron chi connectivity index (χ2n) is 6.34. The van der Waals surface area contributed by atoms with Crippen LogP contribution in [0.2, 0.25) is 0 Å². The standard InChI is InChI=1S/C17H20N5O/c1-17(2)11-22(10-9-20-17)14-7-3-6-13(21-14)15(23)12-5-4-8-19-16(12)18/h3-8,18,20H,9-11H2,1-2H3. The molecule has 2 N–H and O–H groups in total. The zero-order valence-corrected chi connectivity index (χ0v) is 13.3. The van der Waals surface area contributed by atoms with Gasteiger partial charge in [-0.15, -0.1) is 0 Å². The van der Waals surface area contributed by atoms with E-state index in [1.165, 1.54) is 6.20 Å². The number of ketones is 1. The van der Waals surface area contributed by atoms with Crippen LogP contribution in [0.1, 0.15) is 29.9 Å². The molecule has 6 nitrogen and oxygen atoms in total. The molecule has 3 heterocycles. The molecule has 0 atom stereocenters. The summed E-state index contributed by atoms with van der Waals surface area (Å²) in [6.07, 6.45) is 1.51. The van der Waals surface area contributed by atoms with E-state index in [1.54, 1.807) is 18.2 Å². The van der Waals surface area contributed by atoms with Gasteiger partial charge < -0.3 is 10.2 Å². The van der Waals surface area contributed by atoms with Gasteiger partial charge in [0.05, 0.1) is 5.56 Å². The molecule has 6 heteroatoms. The molecule has 0 aromatic carbocycles. The van der Waals surface area contributed by atoms with Gasteiger partial charge in [0, 0.05) is 31.4 Å². The van der Waals surface area contributed by atoms with E-state index in [4.69, 9.17) is 5.73 Å². The van der Waals surface area contributed by atoms with E-state index in [9.17, 15) is 4.79 Å². The number of rotatable bonds is 3. The van der Waals surface area contributed by atoms with Crippen molar-refractivity contribution >= 4 is 17.4 Å². The Bertz CT molecular complexity index is 728. The summed E-state index contributed by atoms with van der Waals surface area (Å²) < 4.78 is 0. The first-order valence-electron chi connectivity index (χ1n) is 7.65. The minimum absolute atomic E-state index is 0.0115. The van der Waals surface area contributed by atoms with Gasteiger partial charge in [0.15, 0.2) is 5.82 Å². The molecule has 3 rings (SSSR count). The van der Waals surface area contributed by atoms with E-state index in [1.807, 2.05) is 12.1 Å². The van der Waals surface area contributed by atoms with Crippen LogP contribution < -0.4 is 16.0 Å². The molecule has 23 heavy (non-hydrogen) atoms. The Kier molecular flexibility index (Phi) is 4.00. The van der Waals surface area contributed by atoms with Crippen molar-refractivity contribution in [2.75, 3.05) is 24.5 Å². The van der Waals surface area contributed by atoms with Gasteiger partial charge in [0.2, 0.25) is 5.78 Å². The Morgan fingerprint density at radius 3 is 2.87 bits per heavy atom. The van der Waals surface area contributed by atoms with Crippen molar-refractivity contribution in [3.8, 4) is 0 Å². The van der Waals surface area contributed by atoms with Crippen molar-refractivity contribution in [1.82, 2.24) is 21.0 Å². The van der Waals surface area contributed by atoms with Crippen LogP contribution in [0.5, 0.6) is 0 Å². The maximum atomic E-state index is 12.6. The fraction of sp³-hybridized carbons (Fsp3) is 0.353. The van der Waals surface area contributed by atoms with Crippen molar-refractivity contribution < 1.29 is 4.79 Å². The van der Waals surface area contributed by atoms with Crippen molar-refractivity contribution in [2.45, 2.75) is 19.4 Å². The third-order valence-corrected chi connectivity index (χ3v) is 3.91. The van der Waals surface area contributed by atoms with Crippen LogP contribution in [-0.4, -0.2) is 40.9 Å². The van der Waals surface area contributed by atoms with Crippen LogP contribution in [0.4, 0.5) is 11.6 Å². The zero-order chi connectivity index (χ0) is 16.4. The molecule has 0 amide bonds. The lowest BCUT2D eigenvalue weighted by atomic mass is 10.0. The Labute approximate surface area is 135 Å². The molecule has 1 saturated heterocycles. The molecule has 2 aromatic heterocycles. The third-order valence-electron chi connectivity index (χ3n) is 3.91. The van der Waals surface area contributed by atoms with E-state index in [0.29, 0.717) is 5.69 Å². The van der Waals surface area contributed by atoms with Crippen LogP contribution in [0.3, 0.4) is 0 Å². The van der Waals surface area contributed by atoms with E-state index < -0.39 is 0 Å². The minimum atomic E-state index is -0.264. The molecule has 1 fully saturated rings. The second kappa shape index (κ2) is 5.96. The molecular weight excluding hydrogens is 290 g/mol. The molecule has 1 aliphatic rings. The fourth-order valence-corrected chi connectivity index (χ4v) is 2.79. The highest BCUT2D eigenvalue weighted by Crippen LogP contribution is 2.20. The van der Waals surface area contributed by atoms with Crippen molar-refractivity contribution in [2.24, 2.45) is 0 Å². The highest BCUT2D eigenvalue weighted by molar-refractivity contribution is 6.10. The number of nitrogens with zero attached hydrogens (tertiary/aromatic N) is 3. The van der Waals surface area contributed by atoms with Gasteiger partial charge in [0.1, 0.15) is 11.5 Å². The number of anilines is 1. The topological polar surface area (TPSA) is 81.9 Å². The Hall–Kier alpha value is -2.47. The summed E-state index contributed by atoms with van der Waals surface area (Å²) in [7, 11) is 0. The van der Waals surface area contributed by atoms with Crippen LogP contribution in [0.15, 0.2) is 36.5 Å². The van der Waals surface area contributed by atoms with Gasteiger partial charge in [-0.3, -0.25) is 10.5 Å². The average molecular weight is 310 g/mol. The van der Waals surface area contributed by atoms with E-state index in [2.05, 4.69) is 34.0 Å². The van der Waals surface area contributed by atoms with Gasteiger partial charge in [-0.1, -0.05) is 6.07 Å². The summed E-state index contributed by atoms with van der Waals surface area (Å²) in [4.78, 5) is 23.1. The first-order chi connectivity index (χ1) is 11.0. The molecule has 119 valence electrons. The van der Waals surface area contributed by atoms with Gasteiger partial charge in [-0.25, -0.2) is 9.97 Å². The molecule has 0 bridgehead atoms. The number of hydrogen-bond donors (Lipinski definition) is 1. The normalized spacial score (nSPS) is 17.0. The maximum absolute atomic E-state index is 12.6. The molecule has 0 spiro atoms. The number of carbonyl (C=O) groups excluding carboxylic acids is 1. The summed E-state index contributed by atoms with van der Waals surface area (Å²) in [5.74, 6) is 0.508. The average Bonchev–Trinajstić information content (AvgIpc) is 2.54.